The second-order valence-electron chi connectivity index (χ2n) is 6.57. The van der Waals surface area contributed by atoms with Crippen LogP contribution in [-0.2, 0) is 4.79 Å². The summed E-state index contributed by atoms with van der Waals surface area (Å²) in [6.45, 7) is 9.51. The lowest BCUT2D eigenvalue weighted by Gasteiger charge is -2.29. The fraction of sp³-hybridized carbons (Fsp3) is 0.933. The molecule has 2 atom stereocenters. The van der Waals surface area contributed by atoms with Gasteiger partial charge in [0.2, 0.25) is 5.91 Å². The number of hydrogen-bond acceptors (Lipinski definition) is 3. The average Bonchev–Trinajstić information content (AvgIpc) is 2.86. The molecule has 2 aliphatic rings. The molecule has 5 heteroatoms. The third kappa shape index (κ3) is 4.61. The maximum atomic E-state index is 12.2. The van der Waals surface area contributed by atoms with Crippen LogP contribution in [0.15, 0.2) is 0 Å². The Hall–Kier alpha value is -0.320. The Balaban J connectivity index is 0.00000200. The van der Waals surface area contributed by atoms with Crippen molar-refractivity contribution in [3.8, 4) is 0 Å². The zero-order valence-corrected chi connectivity index (χ0v) is 13.7. The number of rotatable bonds is 4. The summed E-state index contributed by atoms with van der Waals surface area (Å²) in [5.74, 6) is 1.03. The molecular weight excluding hydrogens is 274 g/mol. The zero-order chi connectivity index (χ0) is 13.8. The maximum absolute atomic E-state index is 12.2. The number of nitrogens with zero attached hydrogens (tertiary/aromatic N) is 2. The molecule has 0 bridgehead atoms. The molecule has 0 aliphatic carbocycles. The first-order chi connectivity index (χ1) is 9.08. The molecule has 1 unspecified atom stereocenters. The van der Waals surface area contributed by atoms with Crippen LogP contribution in [0.3, 0.4) is 0 Å². The van der Waals surface area contributed by atoms with Crippen molar-refractivity contribution < 1.29 is 4.79 Å². The van der Waals surface area contributed by atoms with Crippen LogP contribution in [0.25, 0.3) is 0 Å². The maximum Gasteiger partial charge on any atom is 0.239 e. The average molecular weight is 304 g/mol. The molecule has 2 aliphatic heterocycles. The Morgan fingerprint density at radius 1 is 1.20 bits per heavy atom. The summed E-state index contributed by atoms with van der Waals surface area (Å²) in [7, 11) is 0. The molecule has 2 N–H and O–H groups in total. The van der Waals surface area contributed by atoms with Crippen LogP contribution < -0.4 is 5.73 Å². The summed E-state index contributed by atoms with van der Waals surface area (Å²) >= 11 is 0. The van der Waals surface area contributed by atoms with Crippen molar-refractivity contribution in [2.75, 3.05) is 32.7 Å². The minimum absolute atomic E-state index is 0. The van der Waals surface area contributed by atoms with Crippen molar-refractivity contribution in [1.82, 2.24) is 9.80 Å². The van der Waals surface area contributed by atoms with Gasteiger partial charge in [-0.05, 0) is 44.2 Å². The Kier molecular flexibility index (Phi) is 7.27. The summed E-state index contributed by atoms with van der Waals surface area (Å²) in [6, 6.07) is -0.325. The van der Waals surface area contributed by atoms with Crippen molar-refractivity contribution >= 4 is 18.3 Å². The number of amides is 1. The van der Waals surface area contributed by atoms with Crippen LogP contribution in [0.2, 0.25) is 0 Å². The van der Waals surface area contributed by atoms with Crippen molar-refractivity contribution in [3.05, 3.63) is 0 Å². The number of hydrogen-bond donors (Lipinski definition) is 1. The smallest absolute Gasteiger partial charge is 0.239 e. The van der Waals surface area contributed by atoms with E-state index in [4.69, 9.17) is 5.73 Å². The zero-order valence-electron chi connectivity index (χ0n) is 12.9. The van der Waals surface area contributed by atoms with E-state index < -0.39 is 0 Å². The first-order valence-corrected chi connectivity index (χ1v) is 7.84. The van der Waals surface area contributed by atoms with Crippen molar-refractivity contribution in [3.63, 3.8) is 0 Å². The highest BCUT2D eigenvalue weighted by atomic mass is 35.5. The van der Waals surface area contributed by atoms with E-state index in [1.807, 2.05) is 18.7 Å². The highest BCUT2D eigenvalue weighted by Gasteiger charge is 2.31. The van der Waals surface area contributed by atoms with E-state index >= 15 is 0 Å². The van der Waals surface area contributed by atoms with E-state index in [9.17, 15) is 4.79 Å². The molecule has 0 aromatic heterocycles. The Labute approximate surface area is 129 Å². The van der Waals surface area contributed by atoms with Gasteiger partial charge in [0.25, 0.3) is 0 Å². The summed E-state index contributed by atoms with van der Waals surface area (Å²) in [5.41, 5.74) is 5.97. The molecule has 0 aromatic rings. The second-order valence-corrected chi connectivity index (χ2v) is 6.57. The van der Waals surface area contributed by atoms with E-state index in [0.717, 1.165) is 19.5 Å². The summed E-state index contributed by atoms with van der Waals surface area (Å²) in [4.78, 5) is 16.8. The van der Waals surface area contributed by atoms with Gasteiger partial charge >= 0.3 is 0 Å². The molecule has 2 fully saturated rings. The van der Waals surface area contributed by atoms with E-state index in [1.165, 1.54) is 38.9 Å². The van der Waals surface area contributed by atoms with Gasteiger partial charge in [-0.15, -0.1) is 12.4 Å². The number of halogens is 1. The number of nitrogens with two attached hydrogens (primary N) is 1. The Morgan fingerprint density at radius 3 is 2.45 bits per heavy atom. The van der Waals surface area contributed by atoms with Crippen LogP contribution >= 0.6 is 12.4 Å². The first kappa shape index (κ1) is 17.7. The largest absolute Gasteiger partial charge is 0.341 e. The van der Waals surface area contributed by atoms with Gasteiger partial charge in [0.15, 0.2) is 0 Å². The van der Waals surface area contributed by atoms with Gasteiger partial charge < -0.3 is 15.5 Å². The van der Waals surface area contributed by atoms with E-state index in [-0.39, 0.29) is 30.3 Å². The molecule has 2 saturated heterocycles. The fourth-order valence-electron chi connectivity index (χ4n) is 3.18. The summed E-state index contributed by atoms with van der Waals surface area (Å²) < 4.78 is 0. The van der Waals surface area contributed by atoms with Crippen LogP contribution in [0.5, 0.6) is 0 Å². The standard InChI is InChI=1S/C15H29N3O.ClH/c1-12(2)14(16)15(19)18-9-6-13(11-18)10-17-7-4-3-5-8-17;/h12-14H,3-11,16H2,1-2H3;1H/t13?,14-;/m0./s1. The molecule has 0 spiro atoms. The number of carbonyl (C=O) groups is 1. The van der Waals surface area contributed by atoms with Gasteiger partial charge in [0.05, 0.1) is 6.04 Å². The molecule has 20 heavy (non-hydrogen) atoms. The van der Waals surface area contributed by atoms with Crippen LogP contribution in [0.1, 0.15) is 39.5 Å². The minimum atomic E-state index is -0.325. The van der Waals surface area contributed by atoms with Gasteiger partial charge in [0, 0.05) is 19.6 Å². The minimum Gasteiger partial charge on any atom is -0.341 e. The molecule has 0 aromatic carbocycles. The van der Waals surface area contributed by atoms with Gasteiger partial charge in [-0.3, -0.25) is 4.79 Å². The molecule has 118 valence electrons. The quantitative estimate of drug-likeness (QED) is 0.860. The van der Waals surface area contributed by atoms with Gasteiger partial charge in [-0.1, -0.05) is 20.3 Å². The highest BCUT2D eigenvalue weighted by Crippen LogP contribution is 2.21. The highest BCUT2D eigenvalue weighted by molar-refractivity contribution is 5.85. The van der Waals surface area contributed by atoms with Crippen LogP contribution in [0.4, 0.5) is 0 Å². The van der Waals surface area contributed by atoms with E-state index in [0.29, 0.717) is 5.92 Å². The van der Waals surface area contributed by atoms with E-state index in [1.54, 1.807) is 0 Å². The molecule has 2 rings (SSSR count). The van der Waals surface area contributed by atoms with Crippen molar-refractivity contribution in [1.29, 1.82) is 0 Å². The lowest BCUT2D eigenvalue weighted by molar-refractivity contribution is -0.132. The van der Waals surface area contributed by atoms with E-state index in [2.05, 4.69) is 4.90 Å². The van der Waals surface area contributed by atoms with Crippen LogP contribution in [-0.4, -0.2) is 54.5 Å². The number of piperidine rings is 1. The summed E-state index contributed by atoms with van der Waals surface area (Å²) in [5, 5.41) is 0. The third-order valence-electron chi connectivity index (χ3n) is 4.57. The SMILES string of the molecule is CC(C)[C@H](N)C(=O)N1CCC(CN2CCCCC2)C1.Cl. The van der Waals surface area contributed by atoms with Crippen LogP contribution in [0, 0.1) is 11.8 Å². The normalized spacial score (nSPS) is 25.6. The molecule has 0 saturated carbocycles. The van der Waals surface area contributed by atoms with Crippen molar-refractivity contribution in [2.24, 2.45) is 17.6 Å². The topological polar surface area (TPSA) is 49.6 Å². The Morgan fingerprint density at radius 2 is 1.85 bits per heavy atom. The molecular formula is C15H30ClN3O. The second kappa shape index (κ2) is 8.20. The first-order valence-electron chi connectivity index (χ1n) is 7.84. The summed E-state index contributed by atoms with van der Waals surface area (Å²) in [6.07, 6.45) is 5.21. The van der Waals surface area contributed by atoms with Gasteiger partial charge in [0.1, 0.15) is 0 Å². The van der Waals surface area contributed by atoms with Crippen molar-refractivity contribution in [2.45, 2.75) is 45.6 Å². The van der Waals surface area contributed by atoms with Gasteiger partial charge in [-0.2, -0.15) is 0 Å². The lowest BCUT2D eigenvalue weighted by atomic mass is 10.0. The third-order valence-corrected chi connectivity index (χ3v) is 4.57. The molecule has 1 amide bonds. The lowest BCUT2D eigenvalue weighted by Crippen LogP contribution is -2.46. The molecule has 0 radical (unpaired) electrons. The fourth-order valence-corrected chi connectivity index (χ4v) is 3.18. The number of likely N-dealkylation sites (tertiary alicyclic amines) is 2. The molecule has 2 heterocycles. The Bertz CT molecular complexity index is 305. The monoisotopic (exact) mass is 303 g/mol. The predicted molar refractivity (Wildman–Crippen MR) is 85.0 cm³/mol. The molecule has 4 nitrogen and oxygen atoms in total. The predicted octanol–water partition coefficient (Wildman–Crippen LogP) is 1.73. The number of carbonyl (C=O) groups excluding carboxylic acids is 1. The van der Waals surface area contributed by atoms with Gasteiger partial charge in [-0.25, -0.2) is 0 Å².